The summed E-state index contributed by atoms with van der Waals surface area (Å²) in [5.41, 5.74) is 0.404. The van der Waals surface area contributed by atoms with E-state index in [1.165, 1.54) is 6.07 Å². The molecule has 1 aliphatic rings. The second-order valence-electron chi connectivity index (χ2n) is 3.76. The van der Waals surface area contributed by atoms with Crippen molar-refractivity contribution in [2.45, 2.75) is 24.7 Å². The van der Waals surface area contributed by atoms with Crippen LogP contribution in [0.3, 0.4) is 0 Å². The van der Waals surface area contributed by atoms with E-state index in [1.54, 1.807) is 6.07 Å². The summed E-state index contributed by atoms with van der Waals surface area (Å²) in [6.07, 6.45) is 3.70. The number of carbonyl (C=O) groups is 1. The lowest BCUT2D eigenvalue weighted by Crippen LogP contribution is -2.35. The first kappa shape index (κ1) is 9.84. The Kier molecular flexibility index (Phi) is 2.43. The average Bonchev–Trinajstić information content (AvgIpc) is 2.10. The van der Waals surface area contributed by atoms with Gasteiger partial charge in [-0.25, -0.2) is 4.39 Å². The van der Waals surface area contributed by atoms with Gasteiger partial charge in [-0.15, -0.1) is 0 Å². The number of carbonyl (C=O) groups excluding carboxylic acids is 1. The highest BCUT2D eigenvalue weighted by Crippen LogP contribution is 2.42. The van der Waals surface area contributed by atoms with Crippen molar-refractivity contribution in [1.29, 1.82) is 0 Å². The summed E-state index contributed by atoms with van der Waals surface area (Å²) in [6, 6.07) is 4.94. The molecule has 0 unspecified atom stereocenters. The normalized spacial score (nSPS) is 18.7. The zero-order valence-electron chi connectivity index (χ0n) is 7.59. The van der Waals surface area contributed by atoms with E-state index in [9.17, 15) is 9.18 Å². The molecule has 3 heteroatoms. The molecule has 1 fully saturated rings. The van der Waals surface area contributed by atoms with Crippen LogP contribution in [0.4, 0.5) is 4.39 Å². The molecule has 0 atom stereocenters. The van der Waals surface area contributed by atoms with Gasteiger partial charge in [-0.05, 0) is 46.5 Å². The molecule has 0 bridgehead atoms. The second-order valence-corrected chi connectivity index (χ2v) is 4.61. The number of aldehydes is 1. The number of benzene rings is 1. The minimum Gasteiger partial charge on any atom is -0.302 e. The van der Waals surface area contributed by atoms with Crippen LogP contribution in [-0.2, 0) is 10.2 Å². The third-order valence-corrected chi connectivity index (χ3v) is 3.61. The summed E-state index contributed by atoms with van der Waals surface area (Å²) in [6.45, 7) is 0. The Labute approximate surface area is 90.4 Å². The van der Waals surface area contributed by atoms with Crippen LogP contribution in [-0.4, -0.2) is 6.29 Å². The third-order valence-electron chi connectivity index (χ3n) is 2.97. The Morgan fingerprint density at radius 2 is 2.14 bits per heavy atom. The lowest BCUT2D eigenvalue weighted by atomic mass is 9.65. The van der Waals surface area contributed by atoms with Gasteiger partial charge in [0.1, 0.15) is 12.1 Å². The molecule has 0 N–H and O–H groups in total. The quantitative estimate of drug-likeness (QED) is 0.743. The number of halogens is 2. The Balaban J connectivity index is 2.41. The zero-order valence-corrected chi connectivity index (χ0v) is 9.18. The third kappa shape index (κ3) is 1.40. The van der Waals surface area contributed by atoms with Gasteiger partial charge in [0.25, 0.3) is 0 Å². The topological polar surface area (TPSA) is 17.1 Å². The van der Waals surface area contributed by atoms with Crippen LogP contribution in [0.15, 0.2) is 22.7 Å². The molecule has 1 nitrogen and oxygen atoms in total. The first-order valence-corrected chi connectivity index (χ1v) is 5.39. The van der Waals surface area contributed by atoms with Gasteiger partial charge >= 0.3 is 0 Å². The monoisotopic (exact) mass is 256 g/mol. The van der Waals surface area contributed by atoms with E-state index in [-0.39, 0.29) is 5.82 Å². The van der Waals surface area contributed by atoms with E-state index in [0.717, 1.165) is 31.1 Å². The summed E-state index contributed by atoms with van der Waals surface area (Å²) in [5.74, 6) is -0.296. The summed E-state index contributed by atoms with van der Waals surface area (Å²) < 4.78 is 13.7. The fourth-order valence-corrected chi connectivity index (χ4v) is 2.08. The first-order chi connectivity index (χ1) is 6.68. The van der Waals surface area contributed by atoms with Gasteiger partial charge in [0.15, 0.2) is 0 Å². The van der Waals surface area contributed by atoms with Crippen molar-refractivity contribution in [3.63, 3.8) is 0 Å². The molecule has 0 aliphatic heterocycles. The first-order valence-electron chi connectivity index (χ1n) is 4.60. The molecule has 14 heavy (non-hydrogen) atoms. The summed E-state index contributed by atoms with van der Waals surface area (Å²) in [7, 11) is 0. The van der Waals surface area contributed by atoms with Crippen LogP contribution in [0.5, 0.6) is 0 Å². The van der Waals surface area contributed by atoms with Crippen molar-refractivity contribution in [2.75, 3.05) is 0 Å². The molecule has 0 amide bonds. The Morgan fingerprint density at radius 3 is 2.57 bits per heavy atom. The molecule has 0 aromatic heterocycles. The Hall–Kier alpha value is -0.700. The fourth-order valence-electron chi connectivity index (χ4n) is 1.84. The predicted octanol–water partition coefficient (Wildman–Crippen LogP) is 3.21. The molecule has 0 saturated heterocycles. The van der Waals surface area contributed by atoms with Gasteiger partial charge in [0.05, 0.1) is 9.89 Å². The van der Waals surface area contributed by atoms with Crippen molar-refractivity contribution in [3.05, 3.63) is 34.1 Å². The number of hydrogen-bond acceptors (Lipinski definition) is 1. The minimum atomic E-state index is -0.401. The maximum atomic E-state index is 13.2. The number of hydrogen-bond donors (Lipinski definition) is 0. The van der Waals surface area contributed by atoms with Gasteiger partial charge < -0.3 is 4.79 Å². The Bertz CT molecular complexity index is 372. The van der Waals surface area contributed by atoms with Gasteiger partial charge in [-0.1, -0.05) is 12.5 Å². The van der Waals surface area contributed by atoms with Crippen LogP contribution in [0.2, 0.25) is 0 Å². The van der Waals surface area contributed by atoms with Gasteiger partial charge in [0, 0.05) is 0 Å². The van der Waals surface area contributed by atoms with Crippen LogP contribution in [0.25, 0.3) is 0 Å². The predicted molar refractivity (Wildman–Crippen MR) is 55.7 cm³/mol. The van der Waals surface area contributed by atoms with E-state index in [1.807, 2.05) is 6.07 Å². The van der Waals surface area contributed by atoms with Gasteiger partial charge in [-0.2, -0.15) is 0 Å². The zero-order chi connectivity index (χ0) is 10.2. The van der Waals surface area contributed by atoms with Gasteiger partial charge in [0.2, 0.25) is 0 Å². The van der Waals surface area contributed by atoms with Crippen LogP contribution < -0.4 is 0 Å². The highest BCUT2D eigenvalue weighted by molar-refractivity contribution is 9.10. The van der Waals surface area contributed by atoms with E-state index in [4.69, 9.17) is 0 Å². The van der Waals surface area contributed by atoms with Crippen LogP contribution in [0, 0.1) is 5.82 Å². The van der Waals surface area contributed by atoms with Crippen molar-refractivity contribution < 1.29 is 9.18 Å². The summed E-state index contributed by atoms with van der Waals surface area (Å²) in [4.78, 5) is 11.0. The smallest absolute Gasteiger partial charge is 0.137 e. The standard InChI is InChI=1S/C11H10BrFO/c12-9-3-2-8(6-10(9)13)11(7-14)4-1-5-11/h2-3,6-7H,1,4-5H2. The Morgan fingerprint density at radius 1 is 1.43 bits per heavy atom. The largest absolute Gasteiger partial charge is 0.302 e. The highest BCUT2D eigenvalue weighted by atomic mass is 79.9. The molecule has 2 rings (SSSR count). The molecule has 1 aliphatic carbocycles. The maximum Gasteiger partial charge on any atom is 0.137 e. The molecule has 1 saturated carbocycles. The van der Waals surface area contributed by atoms with E-state index in [0.29, 0.717) is 4.47 Å². The van der Waals surface area contributed by atoms with E-state index >= 15 is 0 Å². The van der Waals surface area contributed by atoms with Crippen molar-refractivity contribution in [3.8, 4) is 0 Å². The highest BCUT2D eigenvalue weighted by Gasteiger charge is 2.38. The SMILES string of the molecule is O=CC1(c2ccc(Br)c(F)c2)CCC1. The second kappa shape index (κ2) is 3.46. The van der Waals surface area contributed by atoms with Crippen LogP contribution in [0.1, 0.15) is 24.8 Å². The van der Waals surface area contributed by atoms with Gasteiger partial charge in [-0.3, -0.25) is 0 Å². The minimum absolute atomic E-state index is 0.296. The number of rotatable bonds is 2. The lowest BCUT2D eigenvalue weighted by molar-refractivity contribution is -0.115. The maximum absolute atomic E-state index is 13.2. The van der Waals surface area contributed by atoms with E-state index in [2.05, 4.69) is 15.9 Å². The summed E-state index contributed by atoms with van der Waals surface area (Å²) in [5, 5.41) is 0. The van der Waals surface area contributed by atoms with Crippen molar-refractivity contribution in [1.82, 2.24) is 0 Å². The molecular weight excluding hydrogens is 247 g/mol. The van der Waals surface area contributed by atoms with Crippen molar-refractivity contribution in [2.24, 2.45) is 0 Å². The molecular formula is C11H10BrFO. The molecule has 0 heterocycles. The van der Waals surface area contributed by atoms with E-state index < -0.39 is 5.41 Å². The fraction of sp³-hybridized carbons (Fsp3) is 0.364. The molecule has 1 aromatic carbocycles. The molecule has 1 aromatic rings. The van der Waals surface area contributed by atoms with Crippen LogP contribution >= 0.6 is 15.9 Å². The molecule has 0 radical (unpaired) electrons. The lowest BCUT2D eigenvalue weighted by Gasteiger charge is -2.37. The average molecular weight is 257 g/mol. The molecule has 0 spiro atoms. The van der Waals surface area contributed by atoms with Crippen molar-refractivity contribution >= 4 is 22.2 Å². The molecule has 74 valence electrons. The summed E-state index contributed by atoms with van der Waals surface area (Å²) >= 11 is 3.09.